The molecule has 0 radical (unpaired) electrons. The summed E-state index contributed by atoms with van der Waals surface area (Å²) in [5.41, 5.74) is 7.99. The Balaban J connectivity index is 2.19. The molecule has 0 aromatic carbocycles. The van der Waals surface area contributed by atoms with Crippen LogP contribution in [-0.4, -0.2) is 23.3 Å². The van der Waals surface area contributed by atoms with Gasteiger partial charge in [-0.05, 0) is 18.4 Å². The van der Waals surface area contributed by atoms with E-state index in [0.29, 0.717) is 12.8 Å². The van der Waals surface area contributed by atoms with Gasteiger partial charge in [-0.3, -0.25) is 0 Å². The zero-order valence-electron chi connectivity index (χ0n) is 5.77. The number of azide groups is 1. The summed E-state index contributed by atoms with van der Waals surface area (Å²) in [5, 5.41) is 14.0. The van der Waals surface area contributed by atoms with Crippen LogP contribution in [0, 0.1) is 0 Å². The van der Waals surface area contributed by atoms with Gasteiger partial charge in [0.2, 0.25) is 0 Å². The molecule has 0 unspecified atom stereocenters. The molecule has 0 heterocycles. The van der Waals surface area contributed by atoms with Crippen LogP contribution >= 0.6 is 0 Å². The molecule has 0 aromatic rings. The van der Waals surface area contributed by atoms with Crippen molar-refractivity contribution in [3.8, 4) is 0 Å². The second-order valence-corrected chi connectivity index (χ2v) is 2.48. The number of rotatable bonds is 2. The first kappa shape index (κ1) is 7.68. The molecule has 11 heavy (non-hydrogen) atoms. The molecule has 1 aliphatic rings. The standard InChI is InChI=1S/C5H8N4O2/c6-9-8-4-1-3(2-4)7-5(10)11/h3-4,7H,1-2H2,(H,10,11). The largest absolute Gasteiger partial charge is 0.465 e. The van der Waals surface area contributed by atoms with E-state index in [2.05, 4.69) is 15.3 Å². The molecule has 60 valence electrons. The number of hydrogen-bond acceptors (Lipinski definition) is 2. The number of nitrogens with one attached hydrogen (secondary N) is 1. The van der Waals surface area contributed by atoms with Crippen LogP contribution in [0.1, 0.15) is 12.8 Å². The smallest absolute Gasteiger partial charge is 0.404 e. The molecule has 0 spiro atoms. The summed E-state index contributed by atoms with van der Waals surface area (Å²) in [6.45, 7) is 0. The quantitative estimate of drug-likeness (QED) is 0.355. The summed E-state index contributed by atoms with van der Waals surface area (Å²) < 4.78 is 0. The molecule has 0 saturated heterocycles. The van der Waals surface area contributed by atoms with Crippen LogP contribution in [0.5, 0.6) is 0 Å². The molecule has 1 saturated carbocycles. The Morgan fingerprint density at radius 3 is 2.82 bits per heavy atom. The summed E-state index contributed by atoms with van der Waals surface area (Å²) in [4.78, 5) is 12.7. The normalized spacial score (nSPS) is 28.0. The predicted octanol–water partition coefficient (Wildman–Crippen LogP) is 1.10. The van der Waals surface area contributed by atoms with E-state index in [4.69, 9.17) is 10.6 Å². The van der Waals surface area contributed by atoms with Crippen LogP contribution in [0.2, 0.25) is 0 Å². The van der Waals surface area contributed by atoms with E-state index in [1.54, 1.807) is 0 Å². The van der Waals surface area contributed by atoms with Gasteiger partial charge in [0, 0.05) is 17.0 Å². The lowest BCUT2D eigenvalue weighted by Crippen LogP contribution is -2.45. The van der Waals surface area contributed by atoms with Gasteiger partial charge in [0.15, 0.2) is 0 Å². The fourth-order valence-corrected chi connectivity index (χ4v) is 1.05. The maximum absolute atomic E-state index is 10.1. The maximum Gasteiger partial charge on any atom is 0.404 e. The van der Waals surface area contributed by atoms with E-state index >= 15 is 0 Å². The lowest BCUT2D eigenvalue weighted by molar-refractivity contribution is 0.178. The molecule has 1 rings (SSSR count). The summed E-state index contributed by atoms with van der Waals surface area (Å²) in [7, 11) is 0. The van der Waals surface area contributed by atoms with Crippen molar-refractivity contribution >= 4 is 6.09 Å². The molecular weight excluding hydrogens is 148 g/mol. The minimum Gasteiger partial charge on any atom is -0.465 e. The predicted molar refractivity (Wildman–Crippen MR) is 37.1 cm³/mol. The number of carbonyl (C=O) groups is 1. The van der Waals surface area contributed by atoms with Gasteiger partial charge < -0.3 is 10.4 Å². The Bertz CT molecular complexity index is 205. The summed E-state index contributed by atoms with van der Waals surface area (Å²) >= 11 is 0. The van der Waals surface area contributed by atoms with Crippen molar-refractivity contribution in [3.63, 3.8) is 0 Å². The Morgan fingerprint density at radius 1 is 1.73 bits per heavy atom. The monoisotopic (exact) mass is 156 g/mol. The lowest BCUT2D eigenvalue weighted by atomic mass is 9.88. The Morgan fingerprint density at radius 2 is 2.36 bits per heavy atom. The Labute approximate surface area is 62.8 Å². The summed E-state index contributed by atoms with van der Waals surface area (Å²) in [6, 6.07) is -0.0418. The molecule has 6 nitrogen and oxygen atoms in total. The highest BCUT2D eigenvalue weighted by molar-refractivity contribution is 5.65. The third-order valence-electron chi connectivity index (χ3n) is 1.66. The summed E-state index contributed by atoms with van der Waals surface area (Å²) in [5.74, 6) is 0. The molecule has 1 aliphatic carbocycles. The van der Waals surface area contributed by atoms with E-state index in [1.807, 2.05) is 0 Å². The van der Waals surface area contributed by atoms with Gasteiger partial charge in [0.05, 0.1) is 0 Å². The second kappa shape index (κ2) is 3.12. The van der Waals surface area contributed by atoms with Crippen molar-refractivity contribution in [3.05, 3.63) is 10.4 Å². The topological polar surface area (TPSA) is 98.1 Å². The van der Waals surface area contributed by atoms with Gasteiger partial charge in [-0.15, -0.1) is 0 Å². The van der Waals surface area contributed by atoms with Crippen molar-refractivity contribution in [2.45, 2.75) is 24.9 Å². The Kier molecular flexibility index (Phi) is 2.18. The van der Waals surface area contributed by atoms with Crippen LogP contribution in [-0.2, 0) is 0 Å². The van der Waals surface area contributed by atoms with Crippen LogP contribution in [0.3, 0.4) is 0 Å². The van der Waals surface area contributed by atoms with Crippen LogP contribution < -0.4 is 5.32 Å². The van der Waals surface area contributed by atoms with Gasteiger partial charge >= 0.3 is 6.09 Å². The van der Waals surface area contributed by atoms with Crippen molar-refractivity contribution in [1.82, 2.24) is 5.32 Å². The zero-order valence-corrected chi connectivity index (χ0v) is 5.77. The molecule has 0 atom stereocenters. The highest BCUT2D eigenvalue weighted by Gasteiger charge is 2.28. The molecule has 6 heteroatoms. The number of nitrogens with zero attached hydrogens (tertiary/aromatic N) is 3. The maximum atomic E-state index is 10.1. The first-order valence-electron chi connectivity index (χ1n) is 3.26. The van der Waals surface area contributed by atoms with Crippen LogP contribution in [0.25, 0.3) is 10.4 Å². The van der Waals surface area contributed by atoms with E-state index in [0.717, 1.165) is 0 Å². The highest BCUT2D eigenvalue weighted by Crippen LogP contribution is 2.23. The van der Waals surface area contributed by atoms with E-state index in [9.17, 15) is 4.79 Å². The number of carboxylic acid groups (broad SMARTS) is 1. The van der Waals surface area contributed by atoms with Gasteiger partial charge in [0.1, 0.15) is 0 Å². The van der Waals surface area contributed by atoms with E-state index < -0.39 is 6.09 Å². The van der Waals surface area contributed by atoms with E-state index in [1.165, 1.54) is 0 Å². The number of amides is 1. The Hall–Kier alpha value is -1.42. The number of hydrogen-bond donors (Lipinski definition) is 2. The molecular formula is C5H8N4O2. The molecule has 1 amide bonds. The van der Waals surface area contributed by atoms with Crippen molar-refractivity contribution in [2.24, 2.45) is 5.11 Å². The molecule has 0 aliphatic heterocycles. The lowest BCUT2D eigenvalue weighted by Gasteiger charge is -2.31. The molecule has 1 fully saturated rings. The SMILES string of the molecule is [N-]=[N+]=NC1CC(NC(=O)O)C1. The van der Waals surface area contributed by atoms with Crippen molar-refractivity contribution in [2.75, 3.05) is 0 Å². The third kappa shape index (κ3) is 2.01. The average molecular weight is 156 g/mol. The van der Waals surface area contributed by atoms with Gasteiger partial charge in [-0.1, -0.05) is 5.11 Å². The first-order chi connectivity index (χ1) is 5.22. The molecule has 2 N–H and O–H groups in total. The van der Waals surface area contributed by atoms with Gasteiger partial charge in [-0.25, -0.2) is 4.79 Å². The molecule has 0 bridgehead atoms. The third-order valence-corrected chi connectivity index (χ3v) is 1.66. The minimum absolute atomic E-state index is 0.0168. The first-order valence-corrected chi connectivity index (χ1v) is 3.26. The van der Waals surface area contributed by atoms with Crippen molar-refractivity contribution < 1.29 is 9.90 Å². The zero-order chi connectivity index (χ0) is 8.27. The van der Waals surface area contributed by atoms with Gasteiger partial charge in [0.25, 0.3) is 0 Å². The minimum atomic E-state index is -1.02. The molecule has 0 aromatic heterocycles. The second-order valence-electron chi connectivity index (χ2n) is 2.48. The average Bonchev–Trinajstić information content (AvgIpc) is 1.82. The summed E-state index contributed by atoms with van der Waals surface area (Å²) in [6.07, 6.45) is 0.224. The fourth-order valence-electron chi connectivity index (χ4n) is 1.05. The van der Waals surface area contributed by atoms with Crippen molar-refractivity contribution in [1.29, 1.82) is 0 Å². The van der Waals surface area contributed by atoms with E-state index in [-0.39, 0.29) is 12.1 Å². The highest BCUT2D eigenvalue weighted by atomic mass is 16.4. The van der Waals surface area contributed by atoms with Crippen LogP contribution in [0.4, 0.5) is 4.79 Å². The van der Waals surface area contributed by atoms with Crippen LogP contribution in [0.15, 0.2) is 5.11 Å². The van der Waals surface area contributed by atoms with Gasteiger partial charge in [-0.2, -0.15) is 0 Å². The fraction of sp³-hybridized carbons (Fsp3) is 0.800.